The van der Waals surface area contributed by atoms with Crippen LogP contribution >= 0.6 is 11.8 Å². The summed E-state index contributed by atoms with van der Waals surface area (Å²) in [6.45, 7) is 1.30. The van der Waals surface area contributed by atoms with Gasteiger partial charge in [0.25, 0.3) is 0 Å². The zero-order valence-corrected chi connectivity index (χ0v) is 15.4. The van der Waals surface area contributed by atoms with Crippen LogP contribution in [0.5, 0.6) is 0 Å². The van der Waals surface area contributed by atoms with Crippen LogP contribution < -0.4 is 10.6 Å². The standard InChI is InChI=1S/C17H21FN2O6S/c1-10(21)2-7-13(15(22)23)19-17(26)20-14(16(24)25)9-27-8-11-3-5-12(18)6-4-11/h3-6,13-14H,2,7-9H2,1H3,(H,22,23)(H,24,25)(H2,19,20,26)/t13-,14-/m0/s1/i18-1. The number of carbonyl (C=O) groups is 4. The van der Waals surface area contributed by atoms with Crippen molar-refractivity contribution >= 4 is 35.5 Å². The smallest absolute Gasteiger partial charge is 0.327 e. The van der Waals surface area contributed by atoms with E-state index in [4.69, 9.17) is 5.11 Å². The first kappa shape index (κ1) is 22.4. The van der Waals surface area contributed by atoms with E-state index < -0.39 is 30.1 Å². The van der Waals surface area contributed by atoms with Crippen LogP contribution in [0.25, 0.3) is 0 Å². The van der Waals surface area contributed by atoms with Crippen LogP contribution in [-0.2, 0) is 20.1 Å². The molecule has 8 nitrogen and oxygen atoms in total. The Morgan fingerprint density at radius 3 is 2.11 bits per heavy atom. The molecule has 0 bridgehead atoms. The number of Topliss-reactive ketones (excluding diaryl/α,β-unsaturated/α-hetero) is 1. The summed E-state index contributed by atoms with van der Waals surface area (Å²) in [6, 6.07) is 2.26. The van der Waals surface area contributed by atoms with Crippen LogP contribution in [0.1, 0.15) is 25.3 Å². The second-order valence-electron chi connectivity index (χ2n) is 5.78. The number of nitrogens with one attached hydrogen (secondary N) is 2. The third-order valence-electron chi connectivity index (χ3n) is 3.46. The lowest BCUT2D eigenvalue weighted by atomic mass is 10.1. The van der Waals surface area contributed by atoms with Crippen LogP contribution in [0.15, 0.2) is 24.3 Å². The number of urea groups is 1. The van der Waals surface area contributed by atoms with Gasteiger partial charge in [0.15, 0.2) is 0 Å². The molecule has 148 valence electrons. The number of benzene rings is 1. The molecule has 0 saturated carbocycles. The molecule has 0 heterocycles. The van der Waals surface area contributed by atoms with Gasteiger partial charge in [-0.2, -0.15) is 11.8 Å². The van der Waals surface area contributed by atoms with Crippen molar-refractivity contribution in [1.29, 1.82) is 0 Å². The number of hydrogen-bond donors (Lipinski definition) is 4. The molecule has 0 radical (unpaired) electrons. The molecule has 0 saturated heterocycles. The molecular weight excluding hydrogens is 378 g/mol. The summed E-state index contributed by atoms with van der Waals surface area (Å²) < 4.78 is 12.8. The predicted molar refractivity (Wildman–Crippen MR) is 97.0 cm³/mol. The molecule has 0 aliphatic heterocycles. The van der Waals surface area contributed by atoms with Gasteiger partial charge in [0.2, 0.25) is 0 Å². The molecule has 2 amide bonds. The van der Waals surface area contributed by atoms with E-state index in [1.54, 1.807) is 12.1 Å². The molecule has 1 rings (SSSR count). The number of carboxylic acids is 2. The third kappa shape index (κ3) is 9.04. The van der Waals surface area contributed by atoms with E-state index in [0.717, 1.165) is 5.56 Å². The Morgan fingerprint density at radius 2 is 1.59 bits per heavy atom. The molecule has 0 aromatic heterocycles. The van der Waals surface area contributed by atoms with Gasteiger partial charge >= 0.3 is 18.0 Å². The Kier molecular flexibility index (Phi) is 9.27. The maximum atomic E-state index is 12.8. The highest BCUT2D eigenvalue weighted by Gasteiger charge is 2.24. The normalized spacial score (nSPS) is 12.7. The fourth-order valence-corrected chi connectivity index (χ4v) is 3.02. The zero-order valence-electron chi connectivity index (χ0n) is 14.6. The minimum atomic E-state index is -1.32. The maximum Gasteiger partial charge on any atom is 0.327 e. The average molecular weight is 399 g/mol. The van der Waals surface area contributed by atoms with Crippen molar-refractivity contribution in [1.82, 2.24) is 10.6 Å². The lowest BCUT2D eigenvalue weighted by Gasteiger charge is -2.18. The van der Waals surface area contributed by atoms with E-state index in [1.165, 1.54) is 30.8 Å². The van der Waals surface area contributed by atoms with Gasteiger partial charge in [-0.25, -0.2) is 18.8 Å². The predicted octanol–water partition coefficient (Wildman–Crippen LogP) is 1.63. The quantitative estimate of drug-likeness (QED) is 0.444. The fourth-order valence-electron chi connectivity index (χ4n) is 2.01. The Morgan fingerprint density at radius 1 is 1.04 bits per heavy atom. The molecule has 10 heteroatoms. The second kappa shape index (κ2) is 11.2. The van der Waals surface area contributed by atoms with Crippen LogP contribution in [0.4, 0.5) is 9.18 Å². The van der Waals surface area contributed by atoms with Gasteiger partial charge in [-0.1, -0.05) is 12.1 Å². The van der Waals surface area contributed by atoms with E-state index in [9.17, 15) is 28.7 Å². The number of carbonyl (C=O) groups excluding carboxylic acids is 2. The van der Waals surface area contributed by atoms with E-state index in [0.29, 0.717) is 5.75 Å². The average Bonchev–Trinajstić information content (AvgIpc) is 2.58. The molecular formula is C17H21FN2O6S. The Balaban J connectivity index is 2.52. The van der Waals surface area contributed by atoms with Crippen molar-refractivity contribution in [2.24, 2.45) is 0 Å². The number of amides is 2. The summed E-state index contributed by atoms with van der Waals surface area (Å²) in [4.78, 5) is 45.3. The summed E-state index contributed by atoms with van der Waals surface area (Å²) in [6.07, 6.45) is -0.109. The van der Waals surface area contributed by atoms with Gasteiger partial charge in [0.05, 0.1) is 0 Å². The minimum Gasteiger partial charge on any atom is -0.480 e. The zero-order chi connectivity index (χ0) is 20.4. The topological polar surface area (TPSA) is 133 Å². The molecule has 1 aromatic rings. The maximum absolute atomic E-state index is 12.8. The van der Waals surface area contributed by atoms with Gasteiger partial charge in [0.1, 0.15) is 23.7 Å². The number of hydrogen-bond acceptors (Lipinski definition) is 5. The first-order chi connectivity index (χ1) is 12.7. The van der Waals surface area contributed by atoms with Gasteiger partial charge < -0.3 is 25.6 Å². The number of thioether (sulfide) groups is 1. The summed E-state index contributed by atoms with van der Waals surface area (Å²) in [7, 11) is 0. The highest BCUT2D eigenvalue weighted by atomic mass is 32.2. The first-order valence-electron chi connectivity index (χ1n) is 8.03. The summed E-state index contributed by atoms with van der Waals surface area (Å²) >= 11 is 1.22. The summed E-state index contributed by atoms with van der Waals surface area (Å²) in [5, 5.41) is 22.6. The van der Waals surface area contributed by atoms with E-state index in [-0.39, 0.29) is 30.2 Å². The van der Waals surface area contributed by atoms with E-state index in [1.807, 2.05) is 0 Å². The lowest BCUT2D eigenvalue weighted by Crippen LogP contribution is -2.52. The Bertz CT molecular complexity index is 683. The van der Waals surface area contributed by atoms with Crippen LogP contribution in [0, 0.1) is 5.82 Å². The molecule has 1 aromatic carbocycles. The molecule has 0 aliphatic carbocycles. The van der Waals surface area contributed by atoms with Crippen molar-refractivity contribution in [3.63, 3.8) is 0 Å². The van der Waals surface area contributed by atoms with Gasteiger partial charge in [-0.3, -0.25) is 0 Å². The van der Waals surface area contributed by atoms with Crippen molar-refractivity contribution < 1.29 is 33.8 Å². The van der Waals surface area contributed by atoms with Gasteiger partial charge in [-0.15, -0.1) is 0 Å². The van der Waals surface area contributed by atoms with Crippen molar-refractivity contribution in [2.75, 3.05) is 5.75 Å². The second-order valence-corrected chi connectivity index (χ2v) is 6.81. The minimum absolute atomic E-state index is 0.0207. The molecule has 0 aliphatic rings. The van der Waals surface area contributed by atoms with Crippen molar-refractivity contribution in [2.45, 2.75) is 37.6 Å². The van der Waals surface area contributed by atoms with E-state index >= 15 is 0 Å². The number of rotatable bonds is 11. The molecule has 27 heavy (non-hydrogen) atoms. The number of carboxylic acid groups (broad SMARTS) is 2. The van der Waals surface area contributed by atoms with Crippen molar-refractivity contribution in [3.05, 3.63) is 35.6 Å². The largest absolute Gasteiger partial charge is 0.480 e. The molecule has 0 fully saturated rings. The van der Waals surface area contributed by atoms with Gasteiger partial charge in [0, 0.05) is 17.9 Å². The third-order valence-corrected chi connectivity index (χ3v) is 4.56. The SMILES string of the molecule is CC(=O)CC[C@H](NC(=O)N[C@@H](CSCc1ccc([18F])cc1)C(=O)O)C(=O)O. The molecule has 0 unspecified atom stereocenters. The molecule has 2 atom stereocenters. The monoisotopic (exact) mass is 399 g/mol. The number of ketones is 1. The van der Waals surface area contributed by atoms with E-state index in [2.05, 4.69) is 10.6 Å². The highest BCUT2D eigenvalue weighted by Crippen LogP contribution is 2.14. The molecule has 4 N–H and O–H groups in total. The van der Waals surface area contributed by atoms with Gasteiger partial charge in [-0.05, 0) is 31.0 Å². The fraction of sp³-hybridized carbons (Fsp3) is 0.412. The van der Waals surface area contributed by atoms with Crippen LogP contribution in [0.3, 0.4) is 0 Å². The Hall–Kier alpha value is -2.62. The van der Waals surface area contributed by atoms with Crippen LogP contribution in [-0.4, -0.2) is 51.8 Å². The summed E-state index contributed by atoms with van der Waals surface area (Å²) in [5.74, 6) is -2.72. The van der Waals surface area contributed by atoms with Crippen LogP contribution in [0.2, 0.25) is 0 Å². The number of aliphatic carboxylic acids is 2. The lowest BCUT2D eigenvalue weighted by molar-refractivity contribution is -0.139. The van der Waals surface area contributed by atoms with Crippen molar-refractivity contribution in [3.8, 4) is 0 Å². The first-order valence-corrected chi connectivity index (χ1v) is 9.18. The number of halogens is 1. The highest BCUT2D eigenvalue weighted by molar-refractivity contribution is 7.98. The molecule has 0 spiro atoms. The Labute approximate surface area is 159 Å². The summed E-state index contributed by atoms with van der Waals surface area (Å²) in [5.41, 5.74) is 0.796.